The van der Waals surface area contributed by atoms with Crippen LogP contribution in [0.5, 0.6) is 5.75 Å². The molecule has 5 nitrogen and oxygen atoms in total. The molecule has 0 spiro atoms. The van der Waals surface area contributed by atoms with Gasteiger partial charge in [0.05, 0.1) is 24.1 Å². The van der Waals surface area contributed by atoms with Gasteiger partial charge in [-0.2, -0.15) is 0 Å². The van der Waals surface area contributed by atoms with E-state index in [2.05, 4.69) is 0 Å². The summed E-state index contributed by atoms with van der Waals surface area (Å²) in [5.74, 6) is -0.0738. The van der Waals surface area contributed by atoms with Crippen LogP contribution in [0, 0.1) is 0 Å². The van der Waals surface area contributed by atoms with Crippen LogP contribution < -0.4 is 10.5 Å². The Morgan fingerprint density at radius 3 is 2.50 bits per heavy atom. The molecule has 0 fully saturated rings. The van der Waals surface area contributed by atoms with Crippen LogP contribution in [0.15, 0.2) is 23.1 Å². The molecule has 0 aliphatic heterocycles. The maximum absolute atomic E-state index is 11.4. The monoisotopic (exact) mass is 243 g/mol. The summed E-state index contributed by atoms with van der Waals surface area (Å²) in [6.07, 6.45) is 1.09. The molecule has 0 unspecified atom stereocenters. The lowest BCUT2D eigenvalue weighted by molar-refractivity contribution is 0.0998. The highest BCUT2D eigenvalue weighted by Gasteiger charge is 2.15. The summed E-state index contributed by atoms with van der Waals surface area (Å²) in [6, 6.07) is 4.09. The molecule has 0 aliphatic rings. The third-order valence-corrected chi connectivity index (χ3v) is 3.20. The maximum Gasteiger partial charge on any atom is 0.180 e. The van der Waals surface area contributed by atoms with Gasteiger partial charge in [-0.25, -0.2) is 8.42 Å². The number of carbonyl (C=O) groups excluding carboxylic acids is 1. The average Bonchev–Trinajstić information content (AvgIpc) is 2.26. The molecule has 1 aromatic rings. The number of rotatable bonds is 4. The first-order chi connectivity index (χ1) is 7.40. The number of hydrogen-bond donors (Lipinski definition) is 1. The molecule has 2 N–H and O–H groups in total. The Balaban J connectivity index is 3.33. The third-order valence-electron chi connectivity index (χ3n) is 2.09. The Kier molecular flexibility index (Phi) is 3.66. The molecule has 0 aromatic heterocycles. The van der Waals surface area contributed by atoms with E-state index in [0.717, 1.165) is 6.26 Å². The number of Topliss-reactive ketones (excluding diaryl/α,β-unsaturated/α-hetero) is 1. The normalized spacial score (nSPS) is 11.2. The topological polar surface area (TPSA) is 86.5 Å². The van der Waals surface area contributed by atoms with Crippen molar-refractivity contribution in [1.29, 1.82) is 0 Å². The van der Waals surface area contributed by atoms with Crippen LogP contribution in [0.2, 0.25) is 0 Å². The molecule has 0 heterocycles. The van der Waals surface area contributed by atoms with E-state index in [1.165, 1.54) is 25.3 Å². The minimum atomic E-state index is -3.31. The Morgan fingerprint density at radius 1 is 1.44 bits per heavy atom. The van der Waals surface area contributed by atoms with Crippen molar-refractivity contribution in [2.45, 2.75) is 4.90 Å². The number of hydrogen-bond acceptors (Lipinski definition) is 5. The molecule has 0 saturated heterocycles. The minimum Gasteiger partial charge on any atom is -0.496 e. The number of ketones is 1. The van der Waals surface area contributed by atoms with Crippen LogP contribution in [-0.2, 0) is 9.84 Å². The van der Waals surface area contributed by atoms with Gasteiger partial charge in [-0.05, 0) is 18.2 Å². The Morgan fingerprint density at radius 2 is 2.06 bits per heavy atom. The smallest absolute Gasteiger partial charge is 0.180 e. The number of methoxy groups -OCH3 is 1. The Labute approximate surface area is 94.1 Å². The molecule has 0 amide bonds. The second-order valence-electron chi connectivity index (χ2n) is 3.26. The zero-order valence-electron chi connectivity index (χ0n) is 9.06. The molecular formula is C10H13NO4S. The van der Waals surface area contributed by atoms with Crippen molar-refractivity contribution in [2.75, 3.05) is 19.9 Å². The Bertz CT molecular complexity index is 508. The maximum atomic E-state index is 11.4. The highest BCUT2D eigenvalue weighted by atomic mass is 32.2. The van der Waals surface area contributed by atoms with E-state index in [9.17, 15) is 13.2 Å². The van der Waals surface area contributed by atoms with Gasteiger partial charge in [0.15, 0.2) is 15.6 Å². The van der Waals surface area contributed by atoms with E-state index in [1.807, 2.05) is 0 Å². The van der Waals surface area contributed by atoms with Gasteiger partial charge in [-0.15, -0.1) is 0 Å². The zero-order valence-corrected chi connectivity index (χ0v) is 9.87. The molecule has 0 aliphatic carbocycles. The summed E-state index contributed by atoms with van der Waals surface area (Å²) >= 11 is 0. The van der Waals surface area contributed by atoms with Crippen molar-refractivity contribution in [2.24, 2.45) is 5.73 Å². The van der Waals surface area contributed by atoms with Crippen LogP contribution in [0.1, 0.15) is 10.4 Å². The Hall–Kier alpha value is -1.40. The van der Waals surface area contributed by atoms with Crippen LogP contribution in [0.3, 0.4) is 0 Å². The predicted molar refractivity (Wildman–Crippen MR) is 59.5 cm³/mol. The van der Waals surface area contributed by atoms with Crippen LogP contribution >= 0.6 is 0 Å². The molecule has 0 radical (unpaired) electrons. The van der Waals surface area contributed by atoms with Crippen LogP contribution in [0.25, 0.3) is 0 Å². The van der Waals surface area contributed by atoms with Gasteiger partial charge < -0.3 is 10.5 Å². The van der Waals surface area contributed by atoms with Crippen molar-refractivity contribution in [3.63, 3.8) is 0 Å². The molecule has 0 saturated carbocycles. The van der Waals surface area contributed by atoms with Gasteiger partial charge in [-0.1, -0.05) is 0 Å². The third kappa shape index (κ3) is 2.59. The second-order valence-corrected chi connectivity index (χ2v) is 5.28. The van der Waals surface area contributed by atoms with E-state index in [0.29, 0.717) is 0 Å². The van der Waals surface area contributed by atoms with E-state index >= 15 is 0 Å². The summed E-state index contributed by atoms with van der Waals surface area (Å²) < 4.78 is 27.5. The van der Waals surface area contributed by atoms with Gasteiger partial charge in [0.25, 0.3) is 0 Å². The number of nitrogens with two attached hydrogens (primary N) is 1. The van der Waals surface area contributed by atoms with Gasteiger partial charge in [0, 0.05) is 6.26 Å². The SMILES string of the molecule is COc1cc(S(C)(=O)=O)ccc1C(=O)CN. The van der Waals surface area contributed by atoms with Gasteiger partial charge in [-0.3, -0.25) is 4.79 Å². The van der Waals surface area contributed by atoms with Crippen molar-refractivity contribution in [3.05, 3.63) is 23.8 Å². The lowest BCUT2D eigenvalue weighted by Crippen LogP contribution is -2.15. The number of benzene rings is 1. The molecule has 6 heteroatoms. The summed E-state index contributed by atoms with van der Waals surface area (Å²) in [7, 11) is -1.94. The van der Waals surface area contributed by atoms with Crippen molar-refractivity contribution >= 4 is 15.6 Å². The molecule has 16 heavy (non-hydrogen) atoms. The summed E-state index contributed by atoms with van der Waals surface area (Å²) in [5.41, 5.74) is 5.52. The number of carbonyl (C=O) groups is 1. The van der Waals surface area contributed by atoms with Gasteiger partial charge in [0.1, 0.15) is 5.75 Å². The van der Waals surface area contributed by atoms with Crippen LogP contribution in [-0.4, -0.2) is 34.1 Å². The van der Waals surface area contributed by atoms with Crippen molar-refractivity contribution < 1.29 is 17.9 Å². The molecule has 0 bridgehead atoms. The van der Waals surface area contributed by atoms with E-state index in [-0.39, 0.29) is 28.5 Å². The molecule has 0 atom stereocenters. The van der Waals surface area contributed by atoms with Crippen molar-refractivity contribution in [1.82, 2.24) is 0 Å². The highest BCUT2D eigenvalue weighted by Crippen LogP contribution is 2.23. The molecular weight excluding hydrogens is 230 g/mol. The fraction of sp³-hybridized carbons (Fsp3) is 0.300. The molecule has 1 aromatic carbocycles. The van der Waals surface area contributed by atoms with Crippen LogP contribution in [0.4, 0.5) is 0 Å². The zero-order chi connectivity index (χ0) is 12.3. The number of sulfone groups is 1. The van der Waals surface area contributed by atoms with E-state index < -0.39 is 9.84 Å². The summed E-state index contributed by atoms with van der Waals surface area (Å²) in [6.45, 7) is -0.144. The first kappa shape index (κ1) is 12.7. The van der Waals surface area contributed by atoms with Crippen molar-refractivity contribution in [3.8, 4) is 5.75 Å². The average molecular weight is 243 g/mol. The van der Waals surface area contributed by atoms with Gasteiger partial charge in [0.2, 0.25) is 0 Å². The predicted octanol–water partition coefficient (Wildman–Crippen LogP) is 0.240. The summed E-state index contributed by atoms with van der Waals surface area (Å²) in [4.78, 5) is 11.5. The fourth-order valence-electron chi connectivity index (χ4n) is 1.24. The van der Waals surface area contributed by atoms with E-state index in [4.69, 9.17) is 10.5 Å². The second kappa shape index (κ2) is 4.63. The first-order valence-corrected chi connectivity index (χ1v) is 6.40. The van der Waals surface area contributed by atoms with E-state index in [1.54, 1.807) is 0 Å². The molecule has 88 valence electrons. The van der Waals surface area contributed by atoms with Gasteiger partial charge >= 0.3 is 0 Å². The fourth-order valence-corrected chi connectivity index (χ4v) is 1.88. The standard InChI is InChI=1S/C10H13NO4S/c1-15-10-5-7(16(2,13)14)3-4-8(10)9(12)6-11/h3-5H,6,11H2,1-2H3. The number of ether oxygens (including phenoxy) is 1. The largest absolute Gasteiger partial charge is 0.496 e. The minimum absolute atomic E-state index is 0.109. The lowest BCUT2D eigenvalue weighted by Gasteiger charge is -2.08. The lowest BCUT2D eigenvalue weighted by atomic mass is 10.1. The summed E-state index contributed by atoms with van der Waals surface area (Å²) in [5, 5.41) is 0. The highest BCUT2D eigenvalue weighted by molar-refractivity contribution is 7.90. The quantitative estimate of drug-likeness (QED) is 0.765. The molecule has 1 rings (SSSR count). The first-order valence-electron chi connectivity index (χ1n) is 4.51.